The molecule has 0 bridgehead atoms. The van der Waals surface area contributed by atoms with Crippen LogP contribution in [0, 0.1) is 0 Å². The maximum Gasteiger partial charge on any atom is 0.340 e. The Morgan fingerprint density at radius 3 is 2.88 bits per heavy atom. The van der Waals surface area contributed by atoms with E-state index in [9.17, 15) is 9.59 Å². The molecule has 136 valence electrons. The van der Waals surface area contributed by atoms with Gasteiger partial charge in [0.2, 0.25) is 6.79 Å². The zero-order valence-electron chi connectivity index (χ0n) is 14.4. The Morgan fingerprint density at radius 2 is 2.00 bits per heavy atom. The number of hydrogen-bond donors (Lipinski definition) is 1. The summed E-state index contributed by atoms with van der Waals surface area (Å²) in [5, 5.41) is 4.58. The van der Waals surface area contributed by atoms with Crippen LogP contribution in [0.25, 0.3) is 0 Å². The third-order valence-corrected chi connectivity index (χ3v) is 5.66. The number of carbonyl (C=O) groups excluding carboxylic acids is 2. The molecule has 1 N–H and O–H groups in total. The van der Waals surface area contributed by atoms with Crippen molar-refractivity contribution in [2.45, 2.75) is 38.7 Å². The zero-order valence-corrected chi connectivity index (χ0v) is 15.2. The van der Waals surface area contributed by atoms with Crippen LogP contribution in [0.3, 0.4) is 0 Å². The molecule has 0 spiro atoms. The van der Waals surface area contributed by atoms with Crippen LogP contribution in [0.5, 0.6) is 11.5 Å². The number of aryl methyl sites for hydroxylation is 1. The van der Waals surface area contributed by atoms with Crippen LogP contribution in [-0.2, 0) is 22.4 Å². The summed E-state index contributed by atoms with van der Waals surface area (Å²) in [5.41, 5.74) is 2.26. The molecule has 1 aromatic heterocycles. The summed E-state index contributed by atoms with van der Waals surface area (Å²) in [6, 6.07) is 5.13. The van der Waals surface area contributed by atoms with Crippen molar-refractivity contribution >= 4 is 28.9 Å². The third kappa shape index (κ3) is 3.26. The van der Waals surface area contributed by atoms with Gasteiger partial charge in [-0.3, -0.25) is 4.79 Å². The lowest BCUT2D eigenvalue weighted by Crippen LogP contribution is -2.30. The van der Waals surface area contributed by atoms with Gasteiger partial charge in [-0.25, -0.2) is 4.79 Å². The lowest BCUT2D eigenvalue weighted by Gasteiger charge is -2.15. The Kier molecular flexibility index (Phi) is 4.55. The monoisotopic (exact) mass is 373 g/mol. The van der Waals surface area contributed by atoms with Crippen molar-refractivity contribution < 1.29 is 23.8 Å². The Morgan fingerprint density at radius 1 is 1.19 bits per heavy atom. The first kappa shape index (κ1) is 16.9. The Balaban J connectivity index is 1.39. The number of esters is 1. The lowest BCUT2D eigenvalue weighted by atomic mass is 9.96. The number of benzene rings is 1. The first-order valence-corrected chi connectivity index (χ1v) is 9.50. The van der Waals surface area contributed by atoms with Crippen LogP contribution >= 0.6 is 11.3 Å². The van der Waals surface area contributed by atoms with E-state index >= 15 is 0 Å². The molecule has 1 atom stereocenters. The van der Waals surface area contributed by atoms with Gasteiger partial charge in [-0.05, 0) is 50.3 Å². The van der Waals surface area contributed by atoms with Crippen molar-refractivity contribution in [2.24, 2.45) is 0 Å². The molecule has 2 aliphatic rings. The topological polar surface area (TPSA) is 73.9 Å². The van der Waals surface area contributed by atoms with Crippen molar-refractivity contribution in [2.75, 3.05) is 12.1 Å². The molecule has 0 saturated heterocycles. The van der Waals surface area contributed by atoms with E-state index in [-0.39, 0.29) is 12.7 Å². The van der Waals surface area contributed by atoms with E-state index < -0.39 is 12.1 Å². The molecule has 2 heterocycles. The zero-order chi connectivity index (χ0) is 18.1. The van der Waals surface area contributed by atoms with Crippen molar-refractivity contribution in [3.63, 3.8) is 0 Å². The SMILES string of the molecule is CC(OC(=O)c1csc2c1CCCC2)C(=O)Nc1ccc2c(c1)OCO2. The molecule has 0 saturated carbocycles. The van der Waals surface area contributed by atoms with Gasteiger partial charge in [0.05, 0.1) is 5.56 Å². The second-order valence-corrected chi connectivity index (χ2v) is 7.33. The van der Waals surface area contributed by atoms with Gasteiger partial charge in [0.1, 0.15) is 0 Å². The number of fused-ring (bicyclic) bond motifs is 2. The molecular formula is C19H19NO5S. The molecule has 1 aliphatic carbocycles. The lowest BCUT2D eigenvalue weighted by molar-refractivity contribution is -0.123. The van der Waals surface area contributed by atoms with Crippen molar-refractivity contribution in [1.82, 2.24) is 0 Å². The maximum absolute atomic E-state index is 12.5. The van der Waals surface area contributed by atoms with Gasteiger partial charge < -0.3 is 19.5 Å². The molecule has 1 aromatic carbocycles. The fourth-order valence-corrected chi connectivity index (χ4v) is 4.28. The number of rotatable bonds is 4. The minimum Gasteiger partial charge on any atom is -0.454 e. The van der Waals surface area contributed by atoms with Gasteiger partial charge in [-0.1, -0.05) is 0 Å². The highest BCUT2D eigenvalue weighted by Crippen LogP contribution is 2.34. The minimum absolute atomic E-state index is 0.172. The molecule has 1 amide bonds. The van der Waals surface area contributed by atoms with Crippen LogP contribution in [0.1, 0.15) is 40.6 Å². The van der Waals surface area contributed by atoms with Gasteiger partial charge in [-0.15, -0.1) is 11.3 Å². The largest absolute Gasteiger partial charge is 0.454 e. The summed E-state index contributed by atoms with van der Waals surface area (Å²) in [7, 11) is 0. The Labute approximate surface area is 155 Å². The molecule has 2 aromatic rings. The number of nitrogens with one attached hydrogen (secondary N) is 1. The molecule has 4 rings (SSSR count). The van der Waals surface area contributed by atoms with Gasteiger partial charge in [0, 0.05) is 22.0 Å². The summed E-state index contributed by atoms with van der Waals surface area (Å²) in [5.74, 6) is 0.404. The van der Waals surface area contributed by atoms with Crippen LogP contribution in [0.15, 0.2) is 23.6 Å². The molecule has 6 nitrogen and oxygen atoms in total. The first-order valence-electron chi connectivity index (χ1n) is 8.62. The summed E-state index contributed by atoms with van der Waals surface area (Å²) >= 11 is 1.60. The number of carbonyl (C=O) groups is 2. The van der Waals surface area contributed by atoms with Gasteiger partial charge >= 0.3 is 5.97 Å². The highest BCUT2D eigenvalue weighted by atomic mass is 32.1. The smallest absolute Gasteiger partial charge is 0.340 e. The molecule has 26 heavy (non-hydrogen) atoms. The third-order valence-electron chi connectivity index (χ3n) is 4.57. The van der Waals surface area contributed by atoms with Crippen molar-refractivity contribution in [3.05, 3.63) is 39.6 Å². The summed E-state index contributed by atoms with van der Waals surface area (Å²) in [6.45, 7) is 1.74. The molecule has 1 unspecified atom stereocenters. The fourth-order valence-electron chi connectivity index (χ4n) is 3.16. The average molecular weight is 373 g/mol. The second kappa shape index (κ2) is 6.99. The second-order valence-electron chi connectivity index (χ2n) is 6.36. The summed E-state index contributed by atoms with van der Waals surface area (Å²) in [6.07, 6.45) is 3.28. The van der Waals surface area contributed by atoms with Crippen LogP contribution in [-0.4, -0.2) is 24.8 Å². The van der Waals surface area contributed by atoms with Crippen LogP contribution < -0.4 is 14.8 Å². The summed E-state index contributed by atoms with van der Waals surface area (Å²) in [4.78, 5) is 26.1. The van der Waals surface area contributed by atoms with Crippen molar-refractivity contribution in [1.29, 1.82) is 0 Å². The Hall–Kier alpha value is -2.54. The van der Waals surface area contributed by atoms with Crippen LogP contribution in [0.2, 0.25) is 0 Å². The minimum atomic E-state index is -0.896. The molecule has 1 aliphatic heterocycles. The fraction of sp³-hybridized carbons (Fsp3) is 0.368. The number of anilines is 1. The molecule has 0 fully saturated rings. The van der Waals surface area contributed by atoms with Gasteiger partial charge in [0.25, 0.3) is 5.91 Å². The van der Waals surface area contributed by atoms with E-state index in [1.165, 1.54) is 4.88 Å². The van der Waals surface area contributed by atoms with Crippen molar-refractivity contribution in [3.8, 4) is 11.5 Å². The number of ether oxygens (including phenoxy) is 3. The van der Waals surface area contributed by atoms with E-state index in [4.69, 9.17) is 14.2 Å². The molecular weight excluding hydrogens is 354 g/mol. The average Bonchev–Trinajstić information content (AvgIpc) is 3.27. The van der Waals surface area contributed by atoms with E-state index in [0.29, 0.717) is 22.7 Å². The maximum atomic E-state index is 12.5. The predicted molar refractivity (Wildman–Crippen MR) is 97.0 cm³/mol. The molecule has 7 heteroatoms. The number of thiophene rings is 1. The first-order chi connectivity index (χ1) is 12.6. The van der Waals surface area contributed by atoms with E-state index in [2.05, 4.69) is 5.32 Å². The predicted octanol–water partition coefficient (Wildman–Crippen LogP) is 3.54. The number of hydrogen-bond acceptors (Lipinski definition) is 6. The Bertz CT molecular complexity index is 860. The van der Waals surface area contributed by atoms with Gasteiger partial charge in [0.15, 0.2) is 17.6 Å². The summed E-state index contributed by atoms with van der Waals surface area (Å²) < 4.78 is 15.9. The number of amides is 1. The normalized spacial score (nSPS) is 15.9. The quantitative estimate of drug-likeness (QED) is 0.830. The van der Waals surface area contributed by atoms with E-state index in [0.717, 1.165) is 31.2 Å². The highest BCUT2D eigenvalue weighted by Gasteiger charge is 2.25. The highest BCUT2D eigenvalue weighted by molar-refractivity contribution is 7.10. The van der Waals surface area contributed by atoms with Crippen LogP contribution in [0.4, 0.5) is 5.69 Å². The van der Waals surface area contributed by atoms with E-state index in [1.807, 2.05) is 5.38 Å². The standard InChI is InChI=1S/C19H19NO5S/c1-11(18(21)20-12-6-7-15-16(8-12)24-10-23-15)25-19(22)14-9-26-17-5-3-2-4-13(14)17/h6-9,11H,2-5,10H2,1H3,(H,20,21). The molecule has 0 radical (unpaired) electrons. The van der Waals surface area contributed by atoms with E-state index in [1.54, 1.807) is 36.5 Å². The van der Waals surface area contributed by atoms with Gasteiger partial charge in [-0.2, -0.15) is 0 Å².